The third-order valence-corrected chi connectivity index (χ3v) is 6.24. The maximum absolute atomic E-state index is 13.4. The number of amides is 1. The number of ketones is 2. The summed E-state index contributed by atoms with van der Waals surface area (Å²) >= 11 is 2.48. The standard InChI is InChI=1S/C18H12FN3O4S2/c1-27-18-21-20-17(28-18)22-13(9-4-6-10(19)7-5-9)12(15(24)16(22)25)14(23)11-3-2-8-26-11/h2-8,12-13H,1H3. The number of thioether (sulfide) groups is 1. The van der Waals surface area contributed by atoms with Gasteiger partial charge in [-0.2, -0.15) is 0 Å². The minimum atomic E-state index is -1.33. The van der Waals surface area contributed by atoms with Gasteiger partial charge < -0.3 is 4.42 Å². The minimum absolute atomic E-state index is 0.0258. The number of halogens is 1. The summed E-state index contributed by atoms with van der Waals surface area (Å²) in [5.41, 5.74) is 0.436. The lowest BCUT2D eigenvalue weighted by atomic mass is 9.88. The predicted octanol–water partition coefficient (Wildman–Crippen LogP) is 3.15. The Kier molecular flexibility index (Phi) is 4.82. The van der Waals surface area contributed by atoms with Crippen molar-refractivity contribution in [2.45, 2.75) is 10.4 Å². The van der Waals surface area contributed by atoms with Crippen LogP contribution in [0.15, 0.2) is 51.4 Å². The Bertz CT molecular complexity index is 1050. The third-order valence-electron chi connectivity index (χ3n) is 4.34. The summed E-state index contributed by atoms with van der Waals surface area (Å²) in [5.74, 6) is -4.16. The number of benzene rings is 1. The van der Waals surface area contributed by atoms with Crippen molar-refractivity contribution < 1.29 is 23.2 Å². The lowest BCUT2D eigenvalue weighted by molar-refractivity contribution is -0.135. The average Bonchev–Trinajstić information content (AvgIpc) is 3.43. The highest BCUT2D eigenvalue weighted by Crippen LogP contribution is 2.42. The molecule has 2 atom stereocenters. The lowest BCUT2D eigenvalue weighted by Gasteiger charge is -2.24. The van der Waals surface area contributed by atoms with Crippen molar-refractivity contribution in [1.29, 1.82) is 0 Å². The van der Waals surface area contributed by atoms with Crippen LogP contribution in [0.25, 0.3) is 0 Å². The van der Waals surface area contributed by atoms with E-state index in [1.165, 1.54) is 59.3 Å². The van der Waals surface area contributed by atoms with Crippen LogP contribution in [0.2, 0.25) is 0 Å². The van der Waals surface area contributed by atoms with Crippen molar-refractivity contribution in [3.8, 4) is 0 Å². The first-order chi connectivity index (χ1) is 13.5. The molecule has 0 aliphatic carbocycles. The molecule has 7 nitrogen and oxygen atoms in total. The molecule has 0 bridgehead atoms. The molecule has 142 valence electrons. The van der Waals surface area contributed by atoms with E-state index in [0.29, 0.717) is 9.90 Å². The number of furan rings is 1. The first kappa shape index (κ1) is 18.5. The van der Waals surface area contributed by atoms with Crippen molar-refractivity contribution in [3.05, 3.63) is 59.8 Å². The van der Waals surface area contributed by atoms with Gasteiger partial charge in [0.25, 0.3) is 5.91 Å². The van der Waals surface area contributed by atoms with Crippen molar-refractivity contribution in [3.63, 3.8) is 0 Å². The number of hydrogen-bond donors (Lipinski definition) is 0. The Hall–Kier alpha value is -2.85. The van der Waals surface area contributed by atoms with Crippen LogP contribution in [0.3, 0.4) is 0 Å². The van der Waals surface area contributed by atoms with Gasteiger partial charge in [-0.25, -0.2) is 4.39 Å². The Balaban J connectivity index is 1.84. The maximum atomic E-state index is 13.4. The summed E-state index contributed by atoms with van der Waals surface area (Å²) < 4.78 is 19.2. The summed E-state index contributed by atoms with van der Waals surface area (Å²) in [7, 11) is 0. The first-order valence-corrected chi connectivity index (χ1v) is 10.1. The Morgan fingerprint density at radius 2 is 1.96 bits per heavy atom. The van der Waals surface area contributed by atoms with Crippen molar-refractivity contribution in [2.75, 3.05) is 11.2 Å². The van der Waals surface area contributed by atoms with Gasteiger partial charge in [-0.05, 0) is 36.1 Å². The Morgan fingerprint density at radius 1 is 1.21 bits per heavy atom. The third kappa shape index (κ3) is 3.04. The molecule has 2 aromatic heterocycles. The van der Waals surface area contributed by atoms with E-state index in [-0.39, 0.29) is 10.9 Å². The fourth-order valence-electron chi connectivity index (χ4n) is 3.09. The molecule has 0 N–H and O–H groups in total. The Labute approximate surface area is 166 Å². The fraction of sp³-hybridized carbons (Fsp3) is 0.167. The van der Waals surface area contributed by atoms with Crippen LogP contribution in [-0.2, 0) is 9.59 Å². The second-order valence-electron chi connectivity index (χ2n) is 5.91. The van der Waals surface area contributed by atoms with Crippen molar-refractivity contribution >= 4 is 45.7 Å². The molecule has 28 heavy (non-hydrogen) atoms. The number of carbonyl (C=O) groups is 3. The van der Waals surface area contributed by atoms with Gasteiger partial charge in [0.05, 0.1) is 12.3 Å². The SMILES string of the molecule is CSc1nnc(N2C(=O)C(=O)C(C(=O)c3ccco3)C2c2ccc(F)cc2)s1. The molecule has 1 aromatic carbocycles. The van der Waals surface area contributed by atoms with Crippen LogP contribution in [0.4, 0.5) is 9.52 Å². The van der Waals surface area contributed by atoms with Crippen LogP contribution in [0.1, 0.15) is 22.2 Å². The molecule has 3 heterocycles. The van der Waals surface area contributed by atoms with Gasteiger partial charge in [-0.1, -0.05) is 35.2 Å². The highest BCUT2D eigenvalue weighted by molar-refractivity contribution is 8.00. The van der Waals surface area contributed by atoms with E-state index in [1.807, 2.05) is 6.26 Å². The number of aromatic nitrogens is 2. The van der Waals surface area contributed by atoms with Gasteiger partial charge >= 0.3 is 0 Å². The van der Waals surface area contributed by atoms with Crippen LogP contribution < -0.4 is 4.90 Å². The van der Waals surface area contributed by atoms with Gasteiger partial charge in [0, 0.05) is 0 Å². The van der Waals surface area contributed by atoms with E-state index >= 15 is 0 Å². The minimum Gasteiger partial charge on any atom is -0.461 e. The van der Waals surface area contributed by atoms with Crippen molar-refractivity contribution in [1.82, 2.24) is 10.2 Å². The molecule has 0 spiro atoms. The van der Waals surface area contributed by atoms with Gasteiger partial charge in [0.2, 0.25) is 16.7 Å². The van der Waals surface area contributed by atoms with E-state index in [9.17, 15) is 18.8 Å². The van der Waals surface area contributed by atoms with E-state index in [2.05, 4.69) is 10.2 Å². The first-order valence-electron chi connectivity index (χ1n) is 8.09. The van der Waals surface area contributed by atoms with E-state index in [4.69, 9.17) is 4.42 Å². The Morgan fingerprint density at radius 3 is 2.57 bits per heavy atom. The molecule has 10 heteroatoms. The van der Waals surface area contributed by atoms with E-state index < -0.39 is 35.3 Å². The average molecular weight is 417 g/mol. The normalized spacial score (nSPS) is 19.4. The molecular weight excluding hydrogens is 405 g/mol. The summed E-state index contributed by atoms with van der Waals surface area (Å²) in [6.07, 6.45) is 3.12. The van der Waals surface area contributed by atoms with Crippen LogP contribution in [-0.4, -0.2) is 33.9 Å². The summed E-state index contributed by atoms with van der Waals surface area (Å²) in [5, 5.41) is 8.16. The zero-order valence-electron chi connectivity index (χ0n) is 14.4. The molecule has 4 rings (SSSR count). The number of anilines is 1. The molecule has 1 aliphatic rings. The summed E-state index contributed by atoms with van der Waals surface area (Å²) in [6, 6.07) is 7.29. The zero-order chi connectivity index (χ0) is 19.8. The smallest absolute Gasteiger partial charge is 0.297 e. The topological polar surface area (TPSA) is 93.4 Å². The molecular formula is C18H12FN3O4S2. The largest absolute Gasteiger partial charge is 0.461 e. The highest BCUT2D eigenvalue weighted by atomic mass is 32.2. The quantitative estimate of drug-likeness (QED) is 0.207. The highest BCUT2D eigenvalue weighted by Gasteiger charge is 2.54. The van der Waals surface area contributed by atoms with Gasteiger partial charge in [0.1, 0.15) is 11.7 Å². The molecule has 1 fully saturated rings. The van der Waals surface area contributed by atoms with Crippen LogP contribution in [0.5, 0.6) is 0 Å². The maximum Gasteiger partial charge on any atom is 0.297 e. The molecule has 2 unspecified atom stereocenters. The fourth-order valence-corrected chi connectivity index (χ4v) is 4.39. The lowest BCUT2D eigenvalue weighted by Crippen LogP contribution is -2.30. The monoisotopic (exact) mass is 417 g/mol. The van der Waals surface area contributed by atoms with Crippen LogP contribution >= 0.6 is 23.1 Å². The van der Waals surface area contributed by atoms with Crippen molar-refractivity contribution in [2.24, 2.45) is 5.92 Å². The van der Waals surface area contributed by atoms with Crippen LogP contribution in [0, 0.1) is 11.7 Å². The predicted molar refractivity (Wildman–Crippen MR) is 99.9 cm³/mol. The second-order valence-corrected chi connectivity index (χ2v) is 7.92. The number of rotatable bonds is 5. The molecule has 0 saturated carbocycles. The van der Waals surface area contributed by atoms with Gasteiger partial charge in [-0.15, -0.1) is 10.2 Å². The van der Waals surface area contributed by atoms with E-state index in [1.54, 1.807) is 0 Å². The molecule has 3 aromatic rings. The molecule has 0 radical (unpaired) electrons. The second kappa shape index (κ2) is 7.28. The van der Waals surface area contributed by atoms with Gasteiger partial charge in [-0.3, -0.25) is 19.3 Å². The summed E-state index contributed by atoms with van der Waals surface area (Å²) in [4.78, 5) is 39.7. The number of carbonyl (C=O) groups excluding carboxylic acids is 3. The number of nitrogens with zero attached hydrogens (tertiary/aromatic N) is 3. The molecule has 1 amide bonds. The van der Waals surface area contributed by atoms with E-state index in [0.717, 1.165) is 11.3 Å². The molecule has 1 aliphatic heterocycles. The number of hydrogen-bond acceptors (Lipinski definition) is 8. The zero-order valence-corrected chi connectivity index (χ0v) is 16.0. The van der Waals surface area contributed by atoms with Gasteiger partial charge in [0.15, 0.2) is 10.1 Å². The molecule has 1 saturated heterocycles. The summed E-state index contributed by atoms with van der Waals surface area (Å²) in [6.45, 7) is 0. The number of Topliss-reactive ketones (excluding diaryl/α,β-unsaturated/α-hetero) is 2.